The van der Waals surface area contributed by atoms with Crippen molar-refractivity contribution in [1.29, 1.82) is 0 Å². The third-order valence-electron chi connectivity index (χ3n) is 2.93. The molecule has 0 aromatic carbocycles. The minimum Gasteiger partial charge on any atom is -0.378 e. The van der Waals surface area contributed by atoms with Crippen LogP contribution >= 0.6 is 11.6 Å². The fraction of sp³-hybridized carbons (Fsp3) is 0.917. The zero-order chi connectivity index (χ0) is 11.8. The van der Waals surface area contributed by atoms with E-state index in [2.05, 4.69) is 5.32 Å². The standard InChI is InChI=1S/C12H22ClNO2/c1-2-10(13)9-14-12(15)7-6-11-5-3-4-8-16-11/h10-11H,2-9H2,1H3,(H,14,15). The second kappa shape index (κ2) is 7.91. The average Bonchev–Trinajstić information content (AvgIpc) is 2.34. The number of halogens is 1. The molecule has 1 fully saturated rings. The highest BCUT2D eigenvalue weighted by molar-refractivity contribution is 6.20. The Kier molecular flexibility index (Phi) is 6.81. The first-order chi connectivity index (χ1) is 7.72. The molecular weight excluding hydrogens is 226 g/mol. The summed E-state index contributed by atoms with van der Waals surface area (Å²) in [5.41, 5.74) is 0. The maximum atomic E-state index is 11.5. The SMILES string of the molecule is CCC(Cl)CNC(=O)CCC1CCCCO1. The number of carbonyl (C=O) groups excluding carboxylic acids is 1. The summed E-state index contributed by atoms with van der Waals surface area (Å²) in [6, 6.07) is 0. The van der Waals surface area contributed by atoms with Crippen LogP contribution in [0.15, 0.2) is 0 Å². The number of hydrogen-bond acceptors (Lipinski definition) is 2. The van der Waals surface area contributed by atoms with E-state index in [0.29, 0.717) is 13.0 Å². The van der Waals surface area contributed by atoms with Crippen LogP contribution in [0.1, 0.15) is 45.4 Å². The Hall–Kier alpha value is -0.280. The van der Waals surface area contributed by atoms with E-state index in [4.69, 9.17) is 16.3 Å². The predicted molar refractivity (Wildman–Crippen MR) is 65.8 cm³/mol. The summed E-state index contributed by atoms with van der Waals surface area (Å²) in [6.45, 7) is 3.44. The highest BCUT2D eigenvalue weighted by Gasteiger charge is 2.15. The molecule has 4 heteroatoms. The van der Waals surface area contributed by atoms with Gasteiger partial charge < -0.3 is 10.1 Å². The second-order valence-electron chi connectivity index (χ2n) is 4.34. The summed E-state index contributed by atoms with van der Waals surface area (Å²) in [4.78, 5) is 11.5. The zero-order valence-corrected chi connectivity index (χ0v) is 10.8. The van der Waals surface area contributed by atoms with Gasteiger partial charge in [0.25, 0.3) is 0 Å². The molecule has 1 N–H and O–H groups in total. The van der Waals surface area contributed by atoms with E-state index in [1.807, 2.05) is 6.92 Å². The van der Waals surface area contributed by atoms with Gasteiger partial charge in [0.2, 0.25) is 5.91 Å². The van der Waals surface area contributed by atoms with Gasteiger partial charge in [-0.25, -0.2) is 0 Å². The molecule has 2 atom stereocenters. The molecule has 1 rings (SSSR count). The van der Waals surface area contributed by atoms with Crippen LogP contribution in [-0.2, 0) is 9.53 Å². The molecule has 94 valence electrons. The summed E-state index contributed by atoms with van der Waals surface area (Å²) in [7, 11) is 0. The van der Waals surface area contributed by atoms with Gasteiger partial charge in [-0.2, -0.15) is 0 Å². The fourth-order valence-corrected chi connectivity index (χ4v) is 1.86. The van der Waals surface area contributed by atoms with Gasteiger partial charge in [-0.15, -0.1) is 11.6 Å². The number of hydrogen-bond donors (Lipinski definition) is 1. The van der Waals surface area contributed by atoms with Crippen molar-refractivity contribution in [2.24, 2.45) is 0 Å². The highest BCUT2D eigenvalue weighted by Crippen LogP contribution is 2.16. The second-order valence-corrected chi connectivity index (χ2v) is 4.95. The molecule has 1 amide bonds. The largest absolute Gasteiger partial charge is 0.378 e. The monoisotopic (exact) mass is 247 g/mol. The van der Waals surface area contributed by atoms with Crippen molar-refractivity contribution in [1.82, 2.24) is 5.32 Å². The van der Waals surface area contributed by atoms with E-state index in [9.17, 15) is 4.79 Å². The van der Waals surface area contributed by atoms with E-state index in [0.717, 1.165) is 32.3 Å². The summed E-state index contributed by atoms with van der Waals surface area (Å²) in [6.07, 6.45) is 6.05. The molecule has 0 aromatic heterocycles. The molecule has 0 aliphatic carbocycles. The zero-order valence-electron chi connectivity index (χ0n) is 10.0. The molecule has 1 heterocycles. The first kappa shape index (κ1) is 13.8. The third kappa shape index (κ3) is 5.71. The lowest BCUT2D eigenvalue weighted by Crippen LogP contribution is -2.30. The summed E-state index contributed by atoms with van der Waals surface area (Å²) in [5.74, 6) is 0.0910. The molecule has 0 spiro atoms. The molecular formula is C12H22ClNO2. The number of alkyl halides is 1. The van der Waals surface area contributed by atoms with Crippen LogP contribution in [0.2, 0.25) is 0 Å². The minimum atomic E-state index is 0.0508. The molecule has 0 saturated carbocycles. The summed E-state index contributed by atoms with van der Waals surface area (Å²) < 4.78 is 5.57. The normalized spacial score (nSPS) is 22.8. The first-order valence-electron chi connectivity index (χ1n) is 6.24. The molecule has 16 heavy (non-hydrogen) atoms. The van der Waals surface area contributed by atoms with Gasteiger partial charge in [-0.1, -0.05) is 6.92 Å². The van der Waals surface area contributed by atoms with Crippen LogP contribution in [-0.4, -0.2) is 30.5 Å². The Bertz CT molecular complexity index is 205. The Morgan fingerprint density at radius 3 is 3.00 bits per heavy atom. The Balaban J connectivity index is 2.05. The van der Waals surface area contributed by atoms with Gasteiger partial charge >= 0.3 is 0 Å². The van der Waals surface area contributed by atoms with Crippen molar-refractivity contribution in [3.8, 4) is 0 Å². The summed E-state index contributed by atoms with van der Waals surface area (Å²) in [5, 5.41) is 2.90. The van der Waals surface area contributed by atoms with Crippen molar-refractivity contribution in [3.63, 3.8) is 0 Å². The highest BCUT2D eigenvalue weighted by atomic mass is 35.5. The van der Waals surface area contributed by atoms with Crippen LogP contribution in [0.25, 0.3) is 0 Å². The molecule has 1 saturated heterocycles. The number of amides is 1. The first-order valence-corrected chi connectivity index (χ1v) is 6.68. The van der Waals surface area contributed by atoms with Gasteiger partial charge in [0.15, 0.2) is 0 Å². The van der Waals surface area contributed by atoms with Crippen molar-refractivity contribution >= 4 is 17.5 Å². The van der Waals surface area contributed by atoms with Crippen molar-refractivity contribution in [3.05, 3.63) is 0 Å². The van der Waals surface area contributed by atoms with Crippen LogP contribution in [0.3, 0.4) is 0 Å². The fourth-order valence-electron chi connectivity index (χ4n) is 1.78. The summed E-state index contributed by atoms with van der Waals surface area (Å²) >= 11 is 5.92. The maximum absolute atomic E-state index is 11.5. The molecule has 0 radical (unpaired) electrons. The minimum absolute atomic E-state index is 0.0508. The lowest BCUT2D eigenvalue weighted by atomic mass is 10.0. The van der Waals surface area contributed by atoms with E-state index in [-0.39, 0.29) is 17.4 Å². The smallest absolute Gasteiger partial charge is 0.220 e. The predicted octanol–water partition coefficient (Wildman–Crippen LogP) is 2.47. The Morgan fingerprint density at radius 1 is 1.56 bits per heavy atom. The molecule has 1 aliphatic heterocycles. The van der Waals surface area contributed by atoms with E-state index >= 15 is 0 Å². The molecule has 0 aromatic rings. The lowest BCUT2D eigenvalue weighted by Gasteiger charge is -2.22. The van der Waals surface area contributed by atoms with Gasteiger partial charge in [0.05, 0.1) is 11.5 Å². The molecule has 0 bridgehead atoms. The van der Waals surface area contributed by atoms with Crippen LogP contribution < -0.4 is 5.32 Å². The third-order valence-corrected chi connectivity index (χ3v) is 3.39. The molecule has 2 unspecified atom stereocenters. The number of carbonyl (C=O) groups is 1. The quantitative estimate of drug-likeness (QED) is 0.733. The number of rotatable bonds is 6. The van der Waals surface area contributed by atoms with Gasteiger partial charge in [0, 0.05) is 19.6 Å². The molecule has 3 nitrogen and oxygen atoms in total. The number of ether oxygens (including phenoxy) is 1. The van der Waals surface area contributed by atoms with Crippen LogP contribution in [0, 0.1) is 0 Å². The van der Waals surface area contributed by atoms with E-state index < -0.39 is 0 Å². The van der Waals surface area contributed by atoms with Crippen LogP contribution in [0.4, 0.5) is 0 Å². The topological polar surface area (TPSA) is 38.3 Å². The number of nitrogens with one attached hydrogen (secondary N) is 1. The van der Waals surface area contributed by atoms with Gasteiger partial charge in [-0.3, -0.25) is 4.79 Å². The average molecular weight is 248 g/mol. The van der Waals surface area contributed by atoms with E-state index in [1.54, 1.807) is 0 Å². The maximum Gasteiger partial charge on any atom is 0.220 e. The van der Waals surface area contributed by atoms with Crippen LogP contribution in [0.5, 0.6) is 0 Å². The van der Waals surface area contributed by atoms with Gasteiger partial charge in [0.1, 0.15) is 0 Å². The van der Waals surface area contributed by atoms with Gasteiger partial charge in [-0.05, 0) is 32.1 Å². The Morgan fingerprint density at radius 2 is 2.38 bits per heavy atom. The van der Waals surface area contributed by atoms with E-state index in [1.165, 1.54) is 6.42 Å². The van der Waals surface area contributed by atoms with Crippen molar-refractivity contribution in [2.45, 2.75) is 56.9 Å². The molecule has 1 aliphatic rings. The van der Waals surface area contributed by atoms with Crippen molar-refractivity contribution < 1.29 is 9.53 Å². The Labute approximate surface area is 103 Å². The van der Waals surface area contributed by atoms with Crippen molar-refractivity contribution in [2.75, 3.05) is 13.2 Å². The lowest BCUT2D eigenvalue weighted by molar-refractivity contribution is -0.122.